The highest BCUT2D eigenvalue weighted by molar-refractivity contribution is 8.00. The molecule has 24 heavy (non-hydrogen) atoms. The van der Waals surface area contributed by atoms with E-state index in [4.69, 9.17) is 4.42 Å². The zero-order valence-corrected chi connectivity index (χ0v) is 14.7. The molecule has 0 saturated carbocycles. The monoisotopic (exact) mass is 341 g/mol. The fraction of sp³-hybridized carbons (Fsp3) is 0.500. The number of hydrogen-bond donors (Lipinski definition) is 2. The molecule has 0 spiro atoms. The van der Waals surface area contributed by atoms with Crippen molar-refractivity contribution in [1.82, 2.24) is 0 Å². The highest BCUT2D eigenvalue weighted by Gasteiger charge is 2.26. The van der Waals surface area contributed by atoms with Gasteiger partial charge in [0.2, 0.25) is 0 Å². The summed E-state index contributed by atoms with van der Waals surface area (Å²) in [7, 11) is 0. The standard InChI is InChI=1S/C20H23NO2S/c22-17-8-3-9-18-16(17)11-19(23-18)24-21-20-14-6-1-4-12(14)10-13-5-2-7-15(13)20/h10-11,17,21-22H,1-9H2. The van der Waals surface area contributed by atoms with Gasteiger partial charge in [-0.2, -0.15) is 0 Å². The van der Waals surface area contributed by atoms with E-state index in [2.05, 4.69) is 10.8 Å². The number of benzene rings is 1. The van der Waals surface area contributed by atoms with Gasteiger partial charge in [0.1, 0.15) is 5.76 Å². The van der Waals surface area contributed by atoms with E-state index in [0.29, 0.717) is 0 Å². The number of rotatable bonds is 3. The first-order chi connectivity index (χ1) is 11.8. The lowest BCUT2D eigenvalue weighted by Crippen LogP contribution is -2.05. The van der Waals surface area contributed by atoms with E-state index < -0.39 is 0 Å². The quantitative estimate of drug-likeness (QED) is 0.791. The minimum atomic E-state index is -0.350. The van der Waals surface area contributed by atoms with Crippen LogP contribution >= 0.6 is 11.9 Å². The second kappa shape index (κ2) is 5.85. The largest absolute Gasteiger partial charge is 0.453 e. The summed E-state index contributed by atoms with van der Waals surface area (Å²) in [4.78, 5) is 0. The third-order valence-corrected chi connectivity index (χ3v) is 6.49. The summed E-state index contributed by atoms with van der Waals surface area (Å²) in [6.45, 7) is 0. The van der Waals surface area contributed by atoms with E-state index in [-0.39, 0.29) is 6.10 Å². The summed E-state index contributed by atoms with van der Waals surface area (Å²) < 4.78 is 9.60. The van der Waals surface area contributed by atoms with E-state index in [9.17, 15) is 5.11 Å². The molecule has 1 unspecified atom stereocenters. The number of aliphatic hydroxyl groups is 1. The Morgan fingerprint density at radius 1 is 0.958 bits per heavy atom. The van der Waals surface area contributed by atoms with Gasteiger partial charge < -0.3 is 14.2 Å². The number of nitrogens with one attached hydrogen (secondary N) is 1. The summed E-state index contributed by atoms with van der Waals surface area (Å²) in [5.41, 5.74) is 8.51. The van der Waals surface area contributed by atoms with Crippen molar-refractivity contribution in [3.05, 3.63) is 45.7 Å². The average molecular weight is 341 g/mol. The maximum atomic E-state index is 10.1. The first kappa shape index (κ1) is 14.9. The molecule has 1 atom stereocenters. The molecule has 2 aromatic rings. The van der Waals surface area contributed by atoms with Gasteiger partial charge >= 0.3 is 0 Å². The fourth-order valence-corrected chi connectivity index (χ4v) is 5.37. The smallest absolute Gasteiger partial charge is 0.181 e. The SMILES string of the molecule is OC1CCCc2oc(SNc3c4c(cc5c3CCC5)CCC4)cc21. The zero-order valence-electron chi connectivity index (χ0n) is 13.9. The van der Waals surface area contributed by atoms with Crippen LogP contribution in [0.5, 0.6) is 0 Å². The Balaban J connectivity index is 1.43. The normalized spacial score (nSPS) is 21.5. The fourth-order valence-electron chi connectivity index (χ4n) is 4.60. The lowest BCUT2D eigenvalue weighted by atomic mass is 9.96. The number of fused-ring (bicyclic) bond motifs is 3. The van der Waals surface area contributed by atoms with Gasteiger partial charge in [-0.15, -0.1) is 0 Å². The molecule has 1 aromatic carbocycles. The van der Waals surface area contributed by atoms with Crippen molar-refractivity contribution < 1.29 is 9.52 Å². The number of furan rings is 1. The molecule has 0 aliphatic heterocycles. The van der Waals surface area contributed by atoms with E-state index in [0.717, 1.165) is 35.7 Å². The van der Waals surface area contributed by atoms with Crippen molar-refractivity contribution in [3.8, 4) is 0 Å². The van der Waals surface area contributed by atoms with Gasteiger partial charge in [0.25, 0.3) is 0 Å². The molecule has 3 nitrogen and oxygen atoms in total. The molecule has 0 fully saturated rings. The van der Waals surface area contributed by atoms with Gasteiger partial charge in [-0.3, -0.25) is 0 Å². The third kappa shape index (κ3) is 2.39. The van der Waals surface area contributed by atoms with E-state index >= 15 is 0 Å². The Labute approximate surface area is 147 Å². The molecule has 3 aliphatic rings. The van der Waals surface area contributed by atoms with Crippen LogP contribution in [0.15, 0.2) is 21.6 Å². The molecular formula is C20H23NO2S. The molecule has 1 heterocycles. The lowest BCUT2D eigenvalue weighted by Gasteiger charge is -2.15. The maximum absolute atomic E-state index is 10.1. The van der Waals surface area contributed by atoms with Crippen LogP contribution in [0, 0.1) is 0 Å². The van der Waals surface area contributed by atoms with E-state index in [1.165, 1.54) is 55.3 Å². The summed E-state index contributed by atoms with van der Waals surface area (Å²) in [5, 5.41) is 11.0. The van der Waals surface area contributed by atoms with Gasteiger partial charge in [0, 0.05) is 23.9 Å². The van der Waals surface area contributed by atoms with Crippen LogP contribution < -0.4 is 4.72 Å². The average Bonchev–Trinajstić information content (AvgIpc) is 3.30. The van der Waals surface area contributed by atoms with Gasteiger partial charge in [0.15, 0.2) is 5.09 Å². The Hall–Kier alpha value is -1.39. The van der Waals surface area contributed by atoms with Crippen LogP contribution in [0.4, 0.5) is 5.69 Å². The van der Waals surface area contributed by atoms with Crippen LogP contribution in [0.25, 0.3) is 0 Å². The van der Waals surface area contributed by atoms with Gasteiger partial charge in [-0.05, 0) is 79.7 Å². The maximum Gasteiger partial charge on any atom is 0.181 e. The topological polar surface area (TPSA) is 45.4 Å². The van der Waals surface area contributed by atoms with Gasteiger partial charge in [0.05, 0.1) is 11.8 Å². The Morgan fingerprint density at radius 2 is 1.71 bits per heavy atom. The second-order valence-electron chi connectivity index (χ2n) is 7.29. The number of aliphatic hydroxyl groups excluding tert-OH is 1. The van der Waals surface area contributed by atoms with Gasteiger partial charge in [-0.25, -0.2) is 0 Å². The van der Waals surface area contributed by atoms with Crippen LogP contribution in [0.3, 0.4) is 0 Å². The minimum absolute atomic E-state index is 0.350. The molecule has 2 N–H and O–H groups in total. The van der Waals surface area contributed by atoms with Crippen molar-refractivity contribution in [1.29, 1.82) is 0 Å². The zero-order chi connectivity index (χ0) is 16.1. The molecule has 0 saturated heterocycles. The van der Waals surface area contributed by atoms with Crippen molar-refractivity contribution in [3.63, 3.8) is 0 Å². The summed E-state index contributed by atoms with van der Waals surface area (Å²) >= 11 is 1.57. The van der Waals surface area contributed by atoms with Crippen LogP contribution in [0.1, 0.15) is 65.4 Å². The predicted octanol–water partition coefficient (Wildman–Crippen LogP) is 4.75. The number of hydrogen-bond acceptors (Lipinski definition) is 4. The van der Waals surface area contributed by atoms with Crippen molar-refractivity contribution >= 4 is 17.6 Å². The van der Waals surface area contributed by atoms with E-state index in [1.807, 2.05) is 6.07 Å². The molecule has 0 amide bonds. The van der Waals surface area contributed by atoms with Crippen LogP contribution in [-0.2, 0) is 32.1 Å². The first-order valence-corrected chi connectivity index (χ1v) is 10.0. The summed E-state index contributed by atoms with van der Waals surface area (Å²) in [6.07, 6.45) is 9.85. The number of anilines is 1. The lowest BCUT2D eigenvalue weighted by molar-refractivity contribution is 0.152. The second-order valence-corrected chi connectivity index (χ2v) is 8.10. The molecule has 126 valence electrons. The van der Waals surface area contributed by atoms with Crippen LogP contribution in [0.2, 0.25) is 0 Å². The van der Waals surface area contributed by atoms with Crippen molar-refractivity contribution in [2.24, 2.45) is 0 Å². The molecule has 4 heteroatoms. The highest BCUT2D eigenvalue weighted by atomic mass is 32.2. The third-order valence-electron chi connectivity index (χ3n) is 5.79. The van der Waals surface area contributed by atoms with Crippen molar-refractivity contribution in [2.75, 3.05) is 4.72 Å². The van der Waals surface area contributed by atoms with Crippen molar-refractivity contribution in [2.45, 2.75) is 69.0 Å². The summed E-state index contributed by atoms with van der Waals surface area (Å²) in [6, 6.07) is 4.49. The molecule has 5 rings (SSSR count). The first-order valence-electron chi connectivity index (χ1n) is 9.19. The van der Waals surface area contributed by atoms with Gasteiger partial charge in [-0.1, -0.05) is 6.07 Å². The number of aryl methyl sites for hydroxylation is 3. The Kier molecular flexibility index (Phi) is 3.64. The molecular weight excluding hydrogens is 318 g/mol. The molecule has 0 bridgehead atoms. The highest BCUT2D eigenvalue weighted by Crippen LogP contribution is 2.41. The van der Waals surface area contributed by atoms with E-state index in [1.54, 1.807) is 23.1 Å². The molecule has 3 aliphatic carbocycles. The summed E-state index contributed by atoms with van der Waals surface area (Å²) in [5.74, 6) is 0.974. The molecule has 0 radical (unpaired) electrons. The van der Waals surface area contributed by atoms with Crippen LogP contribution in [-0.4, -0.2) is 5.11 Å². The molecule has 1 aromatic heterocycles. The minimum Gasteiger partial charge on any atom is -0.453 e. The predicted molar refractivity (Wildman–Crippen MR) is 96.6 cm³/mol. The Bertz CT molecular complexity index is 763. The Morgan fingerprint density at radius 3 is 2.42 bits per heavy atom.